The van der Waals surface area contributed by atoms with E-state index in [1.165, 1.54) is 38.2 Å². The van der Waals surface area contributed by atoms with E-state index in [0.717, 1.165) is 0 Å². The second kappa shape index (κ2) is 10.5. The predicted molar refractivity (Wildman–Crippen MR) is 112 cm³/mol. The average molecular weight is 457 g/mol. The predicted octanol–water partition coefficient (Wildman–Crippen LogP) is 0.401. The van der Waals surface area contributed by atoms with E-state index in [1.807, 2.05) is 0 Å². The fraction of sp³-hybridized carbons (Fsp3) is 0.550. The quantitative estimate of drug-likeness (QED) is 0.529. The highest BCUT2D eigenvalue weighted by molar-refractivity contribution is 7.91. The minimum atomic E-state index is -3.15. The highest BCUT2D eigenvalue weighted by atomic mass is 32.2. The molecule has 1 saturated heterocycles. The van der Waals surface area contributed by atoms with Crippen molar-refractivity contribution >= 4 is 27.6 Å². The number of likely N-dealkylation sites (N-methyl/N-ethyl adjacent to an activating group) is 1. The van der Waals surface area contributed by atoms with Gasteiger partial charge in [-0.25, -0.2) is 8.42 Å². The molecule has 0 radical (unpaired) electrons. The van der Waals surface area contributed by atoms with Gasteiger partial charge >= 0.3 is 5.97 Å². The first-order valence-corrected chi connectivity index (χ1v) is 11.6. The topological polar surface area (TPSA) is 128 Å². The van der Waals surface area contributed by atoms with Crippen LogP contribution in [0.15, 0.2) is 18.2 Å². The molecule has 31 heavy (non-hydrogen) atoms. The van der Waals surface area contributed by atoms with Crippen molar-refractivity contribution in [1.29, 1.82) is 0 Å². The third kappa shape index (κ3) is 6.33. The first kappa shape index (κ1) is 24.4. The first-order valence-electron chi connectivity index (χ1n) is 9.82. The van der Waals surface area contributed by atoms with E-state index >= 15 is 0 Å². The third-order valence-electron chi connectivity index (χ3n) is 4.97. The average Bonchev–Trinajstić information content (AvgIpc) is 3.10. The Hall–Kier alpha value is -2.82. The monoisotopic (exact) mass is 456 g/mol. The van der Waals surface area contributed by atoms with Crippen LogP contribution < -0.4 is 14.8 Å². The molecule has 2 atom stereocenters. The molecule has 0 bridgehead atoms. The molecular formula is C20H28N2O8S. The number of nitrogens with zero attached hydrogens (tertiary/aromatic N) is 1. The molecule has 1 aliphatic rings. The Balaban J connectivity index is 1.90. The van der Waals surface area contributed by atoms with Gasteiger partial charge in [0.25, 0.3) is 11.8 Å². The molecule has 1 aromatic carbocycles. The van der Waals surface area contributed by atoms with Gasteiger partial charge in [-0.3, -0.25) is 14.4 Å². The molecule has 1 fully saturated rings. The number of amides is 2. The van der Waals surface area contributed by atoms with Crippen LogP contribution in [0.25, 0.3) is 0 Å². The van der Waals surface area contributed by atoms with Gasteiger partial charge < -0.3 is 24.4 Å². The van der Waals surface area contributed by atoms with E-state index in [9.17, 15) is 22.8 Å². The van der Waals surface area contributed by atoms with E-state index in [1.54, 1.807) is 13.0 Å². The maximum absolute atomic E-state index is 12.6. The molecule has 0 aliphatic carbocycles. The summed E-state index contributed by atoms with van der Waals surface area (Å²) in [6.45, 7) is 3.02. The van der Waals surface area contributed by atoms with Gasteiger partial charge in [0.2, 0.25) is 0 Å². The van der Waals surface area contributed by atoms with Crippen molar-refractivity contribution in [3.63, 3.8) is 0 Å². The highest BCUT2D eigenvalue weighted by Gasteiger charge is 2.36. The summed E-state index contributed by atoms with van der Waals surface area (Å²) in [6.07, 6.45) is -0.738. The van der Waals surface area contributed by atoms with Gasteiger partial charge in [-0.1, -0.05) is 0 Å². The Kier molecular flexibility index (Phi) is 8.26. The second-order valence-electron chi connectivity index (χ2n) is 7.07. The van der Waals surface area contributed by atoms with Crippen LogP contribution in [-0.2, 0) is 24.2 Å². The molecule has 0 saturated carbocycles. The molecule has 172 valence electrons. The molecule has 11 heteroatoms. The summed E-state index contributed by atoms with van der Waals surface area (Å²) < 4.78 is 38.8. The van der Waals surface area contributed by atoms with E-state index in [-0.39, 0.29) is 17.1 Å². The van der Waals surface area contributed by atoms with Gasteiger partial charge in [-0.05, 0) is 38.5 Å². The number of sulfone groups is 1. The van der Waals surface area contributed by atoms with Crippen molar-refractivity contribution in [3.05, 3.63) is 23.8 Å². The lowest BCUT2D eigenvalue weighted by molar-refractivity contribution is -0.159. The molecule has 0 aromatic heterocycles. The number of nitrogens with one attached hydrogen (secondary N) is 1. The molecule has 1 heterocycles. The molecule has 2 rings (SSSR count). The van der Waals surface area contributed by atoms with Crippen molar-refractivity contribution in [1.82, 2.24) is 10.2 Å². The van der Waals surface area contributed by atoms with E-state index in [4.69, 9.17) is 14.2 Å². The van der Waals surface area contributed by atoms with Crippen molar-refractivity contribution in [3.8, 4) is 11.5 Å². The number of carbonyl (C=O) groups is 3. The van der Waals surface area contributed by atoms with Crippen molar-refractivity contribution in [2.75, 3.05) is 38.8 Å². The molecular weight excluding hydrogens is 428 g/mol. The van der Waals surface area contributed by atoms with Crippen molar-refractivity contribution in [2.24, 2.45) is 0 Å². The molecule has 10 nitrogen and oxygen atoms in total. The van der Waals surface area contributed by atoms with Crippen LogP contribution in [0.1, 0.15) is 30.6 Å². The standard InChI is InChI=1S/C20H28N2O8S/c1-5-22(15-8-9-31(26,27)12-15)20(25)13(2)30-18(23)11-21-19(24)14-6-7-16(28-3)17(10-14)29-4/h6-7,10,13,15H,5,8-9,11-12H2,1-4H3,(H,21,24). The Labute approximate surface area is 181 Å². The number of esters is 1. The minimum Gasteiger partial charge on any atom is -0.493 e. The third-order valence-corrected chi connectivity index (χ3v) is 6.72. The molecule has 0 spiro atoms. The fourth-order valence-electron chi connectivity index (χ4n) is 3.37. The van der Waals surface area contributed by atoms with E-state index in [0.29, 0.717) is 24.5 Å². The highest BCUT2D eigenvalue weighted by Crippen LogP contribution is 2.27. The zero-order valence-electron chi connectivity index (χ0n) is 18.0. The van der Waals surface area contributed by atoms with Crippen LogP contribution in [0.2, 0.25) is 0 Å². The van der Waals surface area contributed by atoms with Gasteiger partial charge in [0.15, 0.2) is 27.4 Å². The van der Waals surface area contributed by atoms with Crippen LogP contribution >= 0.6 is 0 Å². The van der Waals surface area contributed by atoms with Crippen LogP contribution in [0.5, 0.6) is 11.5 Å². The number of carbonyl (C=O) groups excluding carboxylic acids is 3. The molecule has 1 N–H and O–H groups in total. The Morgan fingerprint density at radius 1 is 1.19 bits per heavy atom. The second-order valence-corrected chi connectivity index (χ2v) is 9.29. The summed E-state index contributed by atoms with van der Waals surface area (Å²) in [5.41, 5.74) is 0.258. The number of benzene rings is 1. The number of ether oxygens (including phenoxy) is 3. The summed E-state index contributed by atoms with van der Waals surface area (Å²) in [6, 6.07) is 4.13. The van der Waals surface area contributed by atoms with Crippen molar-refractivity contribution in [2.45, 2.75) is 32.4 Å². The SMILES string of the molecule is CCN(C(=O)C(C)OC(=O)CNC(=O)c1ccc(OC)c(OC)c1)C1CCS(=O)(=O)C1. The van der Waals surface area contributed by atoms with Crippen LogP contribution in [-0.4, -0.2) is 82.1 Å². The summed E-state index contributed by atoms with van der Waals surface area (Å²) in [5.74, 6) is -1.00. The summed E-state index contributed by atoms with van der Waals surface area (Å²) >= 11 is 0. The van der Waals surface area contributed by atoms with E-state index < -0.39 is 46.3 Å². The first-order chi connectivity index (χ1) is 14.6. The summed E-state index contributed by atoms with van der Waals surface area (Å²) in [5, 5.41) is 2.43. The Morgan fingerprint density at radius 3 is 2.42 bits per heavy atom. The zero-order chi connectivity index (χ0) is 23.2. The largest absolute Gasteiger partial charge is 0.493 e. The van der Waals surface area contributed by atoms with Gasteiger partial charge in [0.05, 0.1) is 25.7 Å². The van der Waals surface area contributed by atoms with Crippen LogP contribution in [0.4, 0.5) is 0 Å². The number of rotatable bonds is 9. The van der Waals surface area contributed by atoms with E-state index in [2.05, 4.69) is 5.32 Å². The molecule has 2 unspecified atom stereocenters. The summed E-state index contributed by atoms with van der Waals surface area (Å²) in [7, 11) is -0.239. The normalized spacial score (nSPS) is 18.0. The molecule has 1 aromatic rings. The van der Waals surface area contributed by atoms with Crippen LogP contribution in [0.3, 0.4) is 0 Å². The van der Waals surface area contributed by atoms with Crippen LogP contribution in [0, 0.1) is 0 Å². The van der Waals surface area contributed by atoms with Gasteiger partial charge in [-0.15, -0.1) is 0 Å². The number of methoxy groups -OCH3 is 2. The lowest BCUT2D eigenvalue weighted by atomic mass is 10.2. The fourth-order valence-corrected chi connectivity index (χ4v) is 5.10. The maximum atomic E-state index is 12.6. The van der Waals surface area contributed by atoms with Gasteiger partial charge in [-0.2, -0.15) is 0 Å². The molecule has 1 aliphatic heterocycles. The van der Waals surface area contributed by atoms with Crippen molar-refractivity contribution < 1.29 is 37.0 Å². The summed E-state index contributed by atoms with van der Waals surface area (Å²) in [4.78, 5) is 38.4. The van der Waals surface area contributed by atoms with Gasteiger partial charge in [0, 0.05) is 18.2 Å². The number of hydrogen-bond donors (Lipinski definition) is 1. The minimum absolute atomic E-state index is 0.0395. The lowest BCUT2D eigenvalue weighted by Crippen LogP contribution is -2.47. The maximum Gasteiger partial charge on any atom is 0.326 e. The smallest absolute Gasteiger partial charge is 0.326 e. The lowest BCUT2D eigenvalue weighted by Gasteiger charge is -2.29. The zero-order valence-corrected chi connectivity index (χ0v) is 18.9. The molecule has 2 amide bonds. The Bertz CT molecular complexity index is 931. The van der Waals surface area contributed by atoms with Gasteiger partial charge in [0.1, 0.15) is 6.54 Å². The Morgan fingerprint density at radius 2 is 1.87 bits per heavy atom. The number of hydrogen-bond acceptors (Lipinski definition) is 8.